The second kappa shape index (κ2) is 11.7. The number of rotatable bonds is 8. The molecule has 0 fully saturated rings. The number of hydrogen-bond donors (Lipinski definition) is 1. The molecule has 0 aliphatic carbocycles. The minimum Gasteiger partial charge on any atom is -0.444 e. The Balaban J connectivity index is 1.77. The Labute approximate surface area is 210 Å². The lowest BCUT2D eigenvalue weighted by molar-refractivity contribution is -0.114. The lowest BCUT2D eigenvalue weighted by Crippen LogP contribution is -2.46. The van der Waals surface area contributed by atoms with Crippen molar-refractivity contribution in [1.82, 2.24) is 9.80 Å². The number of hydrogen-bond acceptors (Lipinski definition) is 4. The Morgan fingerprint density at radius 3 is 2.46 bits per heavy atom. The zero-order valence-electron chi connectivity index (χ0n) is 22.1. The van der Waals surface area contributed by atoms with Crippen molar-refractivity contribution < 1.29 is 14.3 Å². The normalized spacial score (nSPS) is 16.0. The van der Waals surface area contributed by atoms with Crippen molar-refractivity contribution in [3.8, 4) is 0 Å². The van der Waals surface area contributed by atoms with Crippen molar-refractivity contribution in [3.05, 3.63) is 65.2 Å². The number of carbonyl (C=O) groups excluding carboxylic acids is 2. The minimum absolute atomic E-state index is 0.0539. The molecule has 2 aromatic carbocycles. The van der Waals surface area contributed by atoms with Crippen LogP contribution in [-0.2, 0) is 29.0 Å². The fraction of sp³-hybridized carbons (Fsp3) is 0.517. The molecule has 2 amide bonds. The molecule has 0 radical (unpaired) electrons. The summed E-state index contributed by atoms with van der Waals surface area (Å²) in [4.78, 5) is 28.9. The average Bonchev–Trinajstić information content (AvgIpc) is 2.75. The SMILES string of the molecule is CC(=O)Nc1ccc2c(c1)CC(CC(C)C)N(CCN(Cc1ccccc1)C(=O)OC(C)(C)C)C2. The van der Waals surface area contributed by atoms with Gasteiger partial charge in [0, 0.05) is 44.8 Å². The lowest BCUT2D eigenvalue weighted by atomic mass is 9.89. The molecule has 1 atom stereocenters. The number of benzene rings is 2. The van der Waals surface area contributed by atoms with Crippen LogP contribution in [0.3, 0.4) is 0 Å². The molecule has 0 saturated heterocycles. The maximum atomic E-state index is 13.1. The molecule has 1 heterocycles. The number of amides is 2. The van der Waals surface area contributed by atoms with E-state index in [-0.39, 0.29) is 12.0 Å². The second-order valence-electron chi connectivity index (χ2n) is 11.0. The minimum atomic E-state index is -0.540. The molecule has 35 heavy (non-hydrogen) atoms. The third kappa shape index (κ3) is 8.39. The molecule has 1 aliphatic rings. The maximum Gasteiger partial charge on any atom is 0.410 e. The van der Waals surface area contributed by atoms with Gasteiger partial charge in [-0.05, 0) is 68.4 Å². The van der Waals surface area contributed by atoms with Gasteiger partial charge in [0.25, 0.3) is 0 Å². The summed E-state index contributed by atoms with van der Waals surface area (Å²) in [6, 6.07) is 16.7. The Kier molecular flexibility index (Phi) is 8.95. The van der Waals surface area contributed by atoms with Crippen molar-refractivity contribution in [2.24, 2.45) is 5.92 Å². The molecule has 6 heteroatoms. The van der Waals surface area contributed by atoms with Gasteiger partial charge in [0.05, 0.1) is 0 Å². The van der Waals surface area contributed by atoms with E-state index in [1.807, 2.05) is 62.1 Å². The van der Waals surface area contributed by atoms with Crippen molar-refractivity contribution in [2.75, 3.05) is 18.4 Å². The number of anilines is 1. The first kappa shape index (κ1) is 26.7. The number of ether oxygens (including phenoxy) is 1. The summed E-state index contributed by atoms with van der Waals surface area (Å²) in [5, 5.41) is 2.91. The van der Waals surface area contributed by atoms with Crippen LogP contribution >= 0.6 is 0 Å². The largest absolute Gasteiger partial charge is 0.444 e. The van der Waals surface area contributed by atoms with Gasteiger partial charge in [-0.25, -0.2) is 4.79 Å². The lowest BCUT2D eigenvalue weighted by Gasteiger charge is -2.39. The van der Waals surface area contributed by atoms with Crippen LogP contribution in [0.15, 0.2) is 48.5 Å². The van der Waals surface area contributed by atoms with E-state index in [0.29, 0.717) is 25.0 Å². The van der Waals surface area contributed by atoms with E-state index in [0.717, 1.165) is 37.2 Å². The topological polar surface area (TPSA) is 61.9 Å². The molecular formula is C29H41N3O3. The highest BCUT2D eigenvalue weighted by atomic mass is 16.6. The Hall–Kier alpha value is -2.86. The van der Waals surface area contributed by atoms with Gasteiger partial charge in [-0.1, -0.05) is 50.2 Å². The van der Waals surface area contributed by atoms with Gasteiger partial charge < -0.3 is 15.0 Å². The Bertz CT molecular complexity index is 998. The predicted octanol–water partition coefficient (Wildman–Crippen LogP) is 5.86. The Morgan fingerprint density at radius 2 is 1.83 bits per heavy atom. The average molecular weight is 480 g/mol. The fourth-order valence-electron chi connectivity index (χ4n) is 4.63. The van der Waals surface area contributed by atoms with Gasteiger partial charge >= 0.3 is 6.09 Å². The number of nitrogens with one attached hydrogen (secondary N) is 1. The van der Waals surface area contributed by atoms with Gasteiger partial charge in [0.15, 0.2) is 0 Å². The zero-order chi connectivity index (χ0) is 25.6. The first-order chi connectivity index (χ1) is 16.5. The monoisotopic (exact) mass is 479 g/mol. The highest BCUT2D eigenvalue weighted by Gasteiger charge is 2.29. The van der Waals surface area contributed by atoms with Gasteiger partial charge in [0.1, 0.15) is 5.60 Å². The first-order valence-corrected chi connectivity index (χ1v) is 12.7. The highest BCUT2D eigenvalue weighted by Crippen LogP contribution is 2.29. The van der Waals surface area contributed by atoms with Crippen LogP contribution < -0.4 is 5.32 Å². The zero-order valence-corrected chi connectivity index (χ0v) is 22.1. The number of nitrogens with zero attached hydrogens (tertiary/aromatic N) is 2. The van der Waals surface area contributed by atoms with Crippen molar-refractivity contribution in [3.63, 3.8) is 0 Å². The van der Waals surface area contributed by atoms with E-state index in [4.69, 9.17) is 4.74 Å². The summed E-state index contributed by atoms with van der Waals surface area (Å²) in [5.41, 5.74) is 3.98. The smallest absolute Gasteiger partial charge is 0.410 e. The van der Waals surface area contributed by atoms with Gasteiger partial charge in [0.2, 0.25) is 5.91 Å². The van der Waals surface area contributed by atoms with E-state index in [9.17, 15) is 9.59 Å². The maximum absolute atomic E-state index is 13.1. The number of fused-ring (bicyclic) bond motifs is 1. The van der Waals surface area contributed by atoms with Crippen molar-refractivity contribution in [2.45, 2.75) is 79.1 Å². The molecule has 0 spiro atoms. The molecule has 6 nitrogen and oxygen atoms in total. The highest BCUT2D eigenvalue weighted by molar-refractivity contribution is 5.88. The second-order valence-corrected chi connectivity index (χ2v) is 11.0. The van der Waals surface area contributed by atoms with Crippen LogP contribution in [0, 0.1) is 5.92 Å². The fourth-order valence-corrected chi connectivity index (χ4v) is 4.63. The van der Waals surface area contributed by atoms with Crippen LogP contribution in [0.25, 0.3) is 0 Å². The van der Waals surface area contributed by atoms with Crippen LogP contribution in [-0.4, -0.2) is 46.5 Å². The van der Waals surface area contributed by atoms with E-state index < -0.39 is 5.60 Å². The molecule has 0 bridgehead atoms. The summed E-state index contributed by atoms with van der Waals surface area (Å²) < 4.78 is 5.74. The van der Waals surface area contributed by atoms with Crippen molar-refractivity contribution in [1.29, 1.82) is 0 Å². The van der Waals surface area contributed by atoms with Crippen LogP contribution in [0.5, 0.6) is 0 Å². The number of carbonyl (C=O) groups is 2. The summed E-state index contributed by atoms with van der Waals surface area (Å²) in [5.74, 6) is 0.510. The van der Waals surface area contributed by atoms with Crippen molar-refractivity contribution >= 4 is 17.7 Å². The van der Waals surface area contributed by atoms with Gasteiger partial charge in [-0.2, -0.15) is 0 Å². The molecule has 1 N–H and O–H groups in total. The molecular weight excluding hydrogens is 438 g/mol. The Morgan fingerprint density at radius 1 is 1.11 bits per heavy atom. The quantitative estimate of drug-likeness (QED) is 0.515. The molecule has 0 aromatic heterocycles. The molecule has 190 valence electrons. The van der Waals surface area contributed by atoms with E-state index in [2.05, 4.69) is 36.2 Å². The first-order valence-electron chi connectivity index (χ1n) is 12.7. The van der Waals surface area contributed by atoms with Crippen LogP contribution in [0.2, 0.25) is 0 Å². The molecule has 0 saturated carbocycles. The van der Waals surface area contributed by atoms with E-state index in [1.165, 1.54) is 18.1 Å². The summed E-state index contributed by atoms with van der Waals surface area (Å²) in [6.45, 7) is 14.5. The van der Waals surface area contributed by atoms with Crippen LogP contribution in [0.1, 0.15) is 64.7 Å². The third-order valence-corrected chi connectivity index (χ3v) is 6.14. The summed E-state index contributed by atoms with van der Waals surface area (Å²) in [7, 11) is 0. The molecule has 1 aliphatic heterocycles. The van der Waals surface area contributed by atoms with Crippen LogP contribution in [0.4, 0.5) is 10.5 Å². The summed E-state index contributed by atoms with van der Waals surface area (Å²) in [6.07, 6.45) is 1.74. The third-order valence-electron chi connectivity index (χ3n) is 6.14. The van der Waals surface area contributed by atoms with Gasteiger partial charge in [-0.15, -0.1) is 0 Å². The standard InChI is InChI=1S/C29H41N3O3/c1-21(2)16-27-18-25-17-26(30-22(3)33)13-12-24(25)20-31(27)14-15-32(28(34)35-29(4,5)6)19-23-10-8-7-9-11-23/h7-13,17,21,27H,14-16,18-20H2,1-6H3,(H,30,33). The van der Waals surface area contributed by atoms with Gasteiger partial charge in [-0.3, -0.25) is 9.69 Å². The molecule has 2 aromatic rings. The summed E-state index contributed by atoms with van der Waals surface area (Å²) >= 11 is 0. The molecule has 1 unspecified atom stereocenters. The molecule has 3 rings (SSSR count). The van der Waals surface area contributed by atoms with E-state index >= 15 is 0 Å². The van der Waals surface area contributed by atoms with E-state index in [1.54, 1.807) is 0 Å². The predicted molar refractivity (Wildman–Crippen MR) is 141 cm³/mol.